The summed E-state index contributed by atoms with van der Waals surface area (Å²) >= 11 is 0. The van der Waals surface area contributed by atoms with E-state index >= 15 is 0 Å². The summed E-state index contributed by atoms with van der Waals surface area (Å²) in [6, 6.07) is 15.8. The summed E-state index contributed by atoms with van der Waals surface area (Å²) in [6.45, 7) is 7.42. The van der Waals surface area contributed by atoms with Gasteiger partial charge in [-0.05, 0) is 70.0 Å². The van der Waals surface area contributed by atoms with E-state index in [0.717, 1.165) is 30.0 Å². The van der Waals surface area contributed by atoms with Crippen LogP contribution in [0.4, 0.5) is 5.69 Å². The largest absolute Gasteiger partial charge is 0.494 e. The summed E-state index contributed by atoms with van der Waals surface area (Å²) in [6.07, 6.45) is 2.02. The van der Waals surface area contributed by atoms with Crippen molar-refractivity contribution < 1.29 is 9.47 Å². The third-order valence-electron chi connectivity index (χ3n) is 3.62. The molecular formula is C21H29N3O2. The molecule has 0 saturated heterocycles. The standard InChI is InChI=1S/C21H29N3O2/c1-16(2)26-20-12-8-18(9-13-20)24-21(22)23-14-4-5-15-25-19-10-6-17(3)7-11-19/h6-13,16H,4-5,14-15H2,1-3H3,(H3,22,23,24). The minimum Gasteiger partial charge on any atom is -0.494 e. The highest BCUT2D eigenvalue weighted by Gasteiger charge is 1.99. The van der Waals surface area contributed by atoms with Crippen LogP contribution >= 0.6 is 0 Å². The van der Waals surface area contributed by atoms with Gasteiger partial charge in [0.05, 0.1) is 12.7 Å². The van der Waals surface area contributed by atoms with Crippen LogP contribution in [0.5, 0.6) is 11.5 Å². The Hall–Kier alpha value is -2.69. The van der Waals surface area contributed by atoms with Crippen molar-refractivity contribution in [2.45, 2.75) is 39.7 Å². The fourth-order valence-corrected chi connectivity index (χ4v) is 2.31. The van der Waals surface area contributed by atoms with E-state index in [1.165, 1.54) is 5.56 Å². The Morgan fingerprint density at radius 2 is 1.65 bits per heavy atom. The fourth-order valence-electron chi connectivity index (χ4n) is 2.31. The Labute approximate surface area is 156 Å². The quantitative estimate of drug-likeness (QED) is 0.398. The first-order chi connectivity index (χ1) is 12.5. The van der Waals surface area contributed by atoms with Crippen molar-refractivity contribution in [3.05, 3.63) is 54.1 Å². The highest BCUT2D eigenvalue weighted by atomic mass is 16.5. The van der Waals surface area contributed by atoms with Crippen molar-refractivity contribution in [2.75, 3.05) is 18.5 Å². The topological polar surface area (TPSA) is 68.9 Å². The van der Waals surface area contributed by atoms with Crippen molar-refractivity contribution in [1.82, 2.24) is 0 Å². The van der Waals surface area contributed by atoms with E-state index in [2.05, 4.69) is 17.2 Å². The number of hydrogen-bond donors (Lipinski definition) is 2. The second kappa shape index (κ2) is 10.3. The van der Waals surface area contributed by atoms with Gasteiger partial charge in [0, 0.05) is 12.2 Å². The van der Waals surface area contributed by atoms with Crippen LogP contribution in [0.15, 0.2) is 53.5 Å². The summed E-state index contributed by atoms with van der Waals surface area (Å²) in [7, 11) is 0. The Balaban J connectivity index is 1.64. The summed E-state index contributed by atoms with van der Waals surface area (Å²) in [4.78, 5) is 4.34. The first-order valence-electron chi connectivity index (χ1n) is 9.06. The van der Waals surface area contributed by atoms with Crippen molar-refractivity contribution in [3.8, 4) is 11.5 Å². The van der Waals surface area contributed by atoms with Gasteiger partial charge in [0.25, 0.3) is 0 Å². The molecular weight excluding hydrogens is 326 g/mol. The molecule has 0 saturated carbocycles. The Morgan fingerprint density at radius 1 is 1.00 bits per heavy atom. The normalized spacial score (nSPS) is 11.5. The lowest BCUT2D eigenvalue weighted by molar-refractivity contribution is 0.242. The lowest BCUT2D eigenvalue weighted by Crippen LogP contribution is -2.22. The maximum absolute atomic E-state index is 5.92. The average molecular weight is 355 g/mol. The first kappa shape index (κ1) is 19.6. The van der Waals surface area contributed by atoms with Gasteiger partial charge in [-0.15, -0.1) is 0 Å². The predicted octanol–water partition coefficient (Wildman–Crippen LogP) is 4.37. The van der Waals surface area contributed by atoms with Gasteiger partial charge in [0.2, 0.25) is 0 Å². The number of benzene rings is 2. The number of ether oxygens (including phenoxy) is 2. The molecule has 0 aromatic heterocycles. The zero-order chi connectivity index (χ0) is 18.8. The van der Waals surface area contributed by atoms with Crippen molar-refractivity contribution in [1.29, 1.82) is 0 Å². The third kappa shape index (κ3) is 7.47. The SMILES string of the molecule is Cc1ccc(OCCCCN=C(N)Nc2ccc(OC(C)C)cc2)cc1. The molecule has 2 rings (SSSR count). The monoisotopic (exact) mass is 355 g/mol. The molecule has 0 aliphatic carbocycles. The number of aryl methyl sites for hydroxylation is 1. The fraction of sp³-hybridized carbons (Fsp3) is 0.381. The molecule has 3 N–H and O–H groups in total. The molecule has 0 aliphatic heterocycles. The molecule has 0 bridgehead atoms. The second-order valence-electron chi connectivity index (χ2n) is 6.45. The molecule has 0 unspecified atom stereocenters. The van der Waals surface area contributed by atoms with Crippen LogP contribution in [-0.2, 0) is 0 Å². The van der Waals surface area contributed by atoms with E-state index in [0.29, 0.717) is 19.1 Å². The van der Waals surface area contributed by atoms with E-state index in [9.17, 15) is 0 Å². The van der Waals surface area contributed by atoms with Gasteiger partial charge < -0.3 is 20.5 Å². The number of unbranched alkanes of at least 4 members (excludes halogenated alkanes) is 1. The number of anilines is 1. The Morgan fingerprint density at radius 3 is 2.31 bits per heavy atom. The zero-order valence-corrected chi connectivity index (χ0v) is 15.9. The van der Waals surface area contributed by atoms with E-state index in [4.69, 9.17) is 15.2 Å². The molecule has 0 fully saturated rings. The van der Waals surface area contributed by atoms with Gasteiger partial charge in [-0.1, -0.05) is 17.7 Å². The van der Waals surface area contributed by atoms with Gasteiger partial charge >= 0.3 is 0 Å². The highest BCUT2D eigenvalue weighted by molar-refractivity contribution is 5.92. The van der Waals surface area contributed by atoms with Crippen molar-refractivity contribution in [3.63, 3.8) is 0 Å². The lowest BCUT2D eigenvalue weighted by atomic mass is 10.2. The van der Waals surface area contributed by atoms with E-state index < -0.39 is 0 Å². The molecule has 0 amide bonds. The number of nitrogens with one attached hydrogen (secondary N) is 1. The molecule has 0 spiro atoms. The van der Waals surface area contributed by atoms with Gasteiger partial charge in [-0.3, -0.25) is 4.99 Å². The number of guanidine groups is 1. The van der Waals surface area contributed by atoms with Gasteiger partial charge in [0.1, 0.15) is 11.5 Å². The van der Waals surface area contributed by atoms with E-state index in [1.807, 2.05) is 62.4 Å². The molecule has 26 heavy (non-hydrogen) atoms. The molecule has 5 heteroatoms. The molecule has 5 nitrogen and oxygen atoms in total. The van der Waals surface area contributed by atoms with E-state index in [-0.39, 0.29) is 6.10 Å². The Kier molecular flexibility index (Phi) is 7.80. The maximum Gasteiger partial charge on any atom is 0.193 e. The van der Waals surface area contributed by atoms with Crippen molar-refractivity contribution in [2.24, 2.45) is 10.7 Å². The van der Waals surface area contributed by atoms with Crippen LogP contribution in [0.25, 0.3) is 0 Å². The number of aliphatic imine (C=N–C) groups is 1. The molecule has 0 atom stereocenters. The molecule has 2 aromatic rings. The average Bonchev–Trinajstić information content (AvgIpc) is 2.61. The van der Waals surface area contributed by atoms with Gasteiger partial charge in [-0.25, -0.2) is 0 Å². The first-order valence-corrected chi connectivity index (χ1v) is 9.06. The van der Waals surface area contributed by atoms with E-state index in [1.54, 1.807) is 0 Å². The van der Waals surface area contributed by atoms with Crippen molar-refractivity contribution >= 4 is 11.6 Å². The smallest absolute Gasteiger partial charge is 0.193 e. The van der Waals surface area contributed by atoms with Crippen LogP contribution in [0.1, 0.15) is 32.3 Å². The Bertz CT molecular complexity index is 679. The molecule has 2 aromatic carbocycles. The summed E-state index contributed by atoms with van der Waals surface area (Å²) in [5.74, 6) is 2.17. The predicted molar refractivity (Wildman–Crippen MR) is 108 cm³/mol. The molecule has 140 valence electrons. The molecule has 0 aliphatic rings. The number of nitrogens with two attached hydrogens (primary N) is 1. The van der Waals surface area contributed by atoms with Crippen LogP contribution < -0.4 is 20.5 Å². The van der Waals surface area contributed by atoms with Gasteiger partial charge in [-0.2, -0.15) is 0 Å². The van der Waals surface area contributed by atoms with Gasteiger partial charge in [0.15, 0.2) is 5.96 Å². The maximum atomic E-state index is 5.92. The number of hydrogen-bond acceptors (Lipinski definition) is 3. The minimum absolute atomic E-state index is 0.162. The molecule has 0 heterocycles. The molecule has 0 radical (unpaired) electrons. The summed E-state index contributed by atoms with van der Waals surface area (Å²) < 4.78 is 11.3. The van der Waals surface area contributed by atoms with Crippen LogP contribution in [-0.4, -0.2) is 25.2 Å². The zero-order valence-electron chi connectivity index (χ0n) is 15.9. The minimum atomic E-state index is 0.162. The number of rotatable bonds is 9. The lowest BCUT2D eigenvalue weighted by Gasteiger charge is -2.11. The second-order valence-corrected chi connectivity index (χ2v) is 6.45. The van der Waals surface area contributed by atoms with Crippen LogP contribution in [0, 0.1) is 6.92 Å². The number of nitrogens with zero attached hydrogens (tertiary/aromatic N) is 1. The highest BCUT2D eigenvalue weighted by Crippen LogP contribution is 2.16. The summed E-state index contributed by atoms with van der Waals surface area (Å²) in [5, 5.41) is 3.09. The van der Waals surface area contributed by atoms with Crippen LogP contribution in [0.3, 0.4) is 0 Å². The summed E-state index contributed by atoms with van der Waals surface area (Å²) in [5.41, 5.74) is 8.05. The third-order valence-corrected chi connectivity index (χ3v) is 3.62. The van der Waals surface area contributed by atoms with Crippen LogP contribution in [0.2, 0.25) is 0 Å².